The zero-order valence-electron chi connectivity index (χ0n) is 22.7. The quantitative estimate of drug-likeness (QED) is 0.457. The predicted octanol–water partition coefficient (Wildman–Crippen LogP) is 5.09. The molecule has 6 nitrogen and oxygen atoms in total. The second-order valence-corrected chi connectivity index (χ2v) is 11.4. The Morgan fingerprint density at radius 2 is 1.79 bits per heavy atom. The first kappa shape index (κ1) is 27.4. The fourth-order valence-corrected chi connectivity index (χ4v) is 5.84. The molecule has 1 amide bonds. The Morgan fingerprint density at radius 1 is 1.10 bits per heavy atom. The van der Waals surface area contributed by atoms with Gasteiger partial charge in [0.1, 0.15) is 0 Å². The van der Waals surface area contributed by atoms with Gasteiger partial charge in [0.15, 0.2) is 11.6 Å². The van der Waals surface area contributed by atoms with Gasteiger partial charge in [0.2, 0.25) is 5.91 Å². The number of piperidine rings is 1. The molecular formula is C31H35F2N3O3. The van der Waals surface area contributed by atoms with Crippen LogP contribution < -0.4 is 0 Å². The highest BCUT2D eigenvalue weighted by atomic mass is 19.2. The Morgan fingerprint density at radius 3 is 2.44 bits per heavy atom. The molecule has 0 unspecified atom stereocenters. The Labute approximate surface area is 228 Å². The summed E-state index contributed by atoms with van der Waals surface area (Å²) < 4.78 is 34.2. The van der Waals surface area contributed by atoms with Gasteiger partial charge in [-0.1, -0.05) is 30.3 Å². The summed E-state index contributed by atoms with van der Waals surface area (Å²) >= 11 is 0. The van der Waals surface area contributed by atoms with Gasteiger partial charge in [0, 0.05) is 51.1 Å². The molecule has 3 aromatic rings. The van der Waals surface area contributed by atoms with Crippen LogP contribution in [-0.4, -0.2) is 51.0 Å². The maximum absolute atomic E-state index is 14.2. The molecule has 8 heteroatoms. The molecule has 1 aromatic heterocycles. The normalized spacial score (nSPS) is 17.7. The number of carbonyl (C=O) groups excluding carboxylic acids is 1. The van der Waals surface area contributed by atoms with Crippen LogP contribution in [0.1, 0.15) is 67.5 Å². The molecule has 1 atom stereocenters. The Balaban J connectivity index is 1.33. The van der Waals surface area contributed by atoms with Gasteiger partial charge in [0.05, 0.1) is 23.9 Å². The summed E-state index contributed by atoms with van der Waals surface area (Å²) in [4.78, 5) is 20.9. The van der Waals surface area contributed by atoms with Crippen molar-refractivity contribution in [3.8, 4) is 0 Å². The van der Waals surface area contributed by atoms with Crippen molar-refractivity contribution in [2.75, 3.05) is 19.6 Å². The zero-order chi connectivity index (χ0) is 27.8. The van der Waals surface area contributed by atoms with Gasteiger partial charge in [0.25, 0.3) is 0 Å². The van der Waals surface area contributed by atoms with Gasteiger partial charge >= 0.3 is 0 Å². The van der Waals surface area contributed by atoms with Gasteiger partial charge < -0.3 is 14.7 Å². The molecule has 0 bridgehead atoms. The number of ether oxygens (including phenoxy) is 1. The average Bonchev–Trinajstić information content (AvgIpc) is 3.25. The molecule has 1 saturated heterocycles. The van der Waals surface area contributed by atoms with E-state index in [1.165, 1.54) is 29.0 Å². The molecule has 1 N–H and O–H groups in total. The van der Waals surface area contributed by atoms with Crippen LogP contribution in [0.4, 0.5) is 8.78 Å². The number of rotatable bonds is 7. The summed E-state index contributed by atoms with van der Waals surface area (Å²) in [7, 11) is 0. The van der Waals surface area contributed by atoms with Crippen molar-refractivity contribution in [1.82, 2.24) is 14.8 Å². The molecule has 2 aromatic carbocycles. The number of pyridine rings is 1. The van der Waals surface area contributed by atoms with Crippen LogP contribution >= 0.6 is 0 Å². The van der Waals surface area contributed by atoms with Crippen molar-refractivity contribution in [2.45, 2.75) is 64.0 Å². The fraction of sp³-hybridized carbons (Fsp3) is 0.419. The molecular weight excluding hydrogens is 500 g/mol. The van der Waals surface area contributed by atoms with Crippen molar-refractivity contribution in [1.29, 1.82) is 0 Å². The number of carbonyl (C=O) groups is 1. The van der Waals surface area contributed by atoms with E-state index in [1.807, 2.05) is 42.7 Å². The smallest absolute Gasteiger partial charge is 0.220 e. The van der Waals surface area contributed by atoms with Gasteiger partial charge in [-0.3, -0.25) is 14.7 Å². The molecule has 1 spiro atoms. The predicted molar refractivity (Wildman–Crippen MR) is 144 cm³/mol. The maximum Gasteiger partial charge on any atom is 0.220 e. The average molecular weight is 536 g/mol. The van der Waals surface area contributed by atoms with Crippen molar-refractivity contribution >= 4 is 5.91 Å². The minimum absolute atomic E-state index is 0.0317. The number of nitrogens with zero attached hydrogens (tertiary/aromatic N) is 3. The number of aromatic nitrogens is 1. The highest BCUT2D eigenvalue weighted by Crippen LogP contribution is 2.43. The maximum atomic E-state index is 14.2. The van der Waals surface area contributed by atoms with Crippen LogP contribution in [0, 0.1) is 11.6 Å². The van der Waals surface area contributed by atoms with Crippen LogP contribution in [0.2, 0.25) is 0 Å². The fourth-order valence-electron chi connectivity index (χ4n) is 5.84. The Kier molecular flexibility index (Phi) is 7.55. The van der Waals surface area contributed by atoms with E-state index >= 15 is 0 Å². The monoisotopic (exact) mass is 535 g/mol. The first-order chi connectivity index (χ1) is 18.5. The summed E-state index contributed by atoms with van der Waals surface area (Å²) in [6.45, 7) is 7.89. The summed E-state index contributed by atoms with van der Waals surface area (Å²) in [5, 5.41) is 10.5. The lowest BCUT2D eigenvalue weighted by Gasteiger charge is -2.39. The van der Waals surface area contributed by atoms with E-state index in [1.54, 1.807) is 13.8 Å². The topological polar surface area (TPSA) is 65.9 Å². The molecule has 3 heterocycles. The molecule has 0 aliphatic carbocycles. The van der Waals surface area contributed by atoms with E-state index in [0.717, 1.165) is 55.7 Å². The van der Waals surface area contributed by atoms with Gasteiger partial charge in [-0.2, -0.15) is 0 Å². The number of benzene rings is 2. The number of likely N-dealkylation sites (tertiary alicyclic amines) is 1. The van der Waals surface area contributed by atoms with Crippen LogP contribution in [0.25, 0.3) is 0 Å². The Hall–Kier alpha value is -3.20. The molecule has 5 rings (SSSR count). The number of amides is 1. The molecule has 206 valence electrons. The van der Waals surface area contributed by atoms with Gasteiger partial charge in [-0.25, -0.2) is 8.78 Å². The lowest BCUT2D eigenvalue weighted by Crippen LogP contribution is -2.43. The van der Waals surface area contributed by atoms with Gasteiger partial charge in [-0.05, 0) is 67.1 Å². The number of aliphatic hydroxyl groups is 1. The molecule has 2 aliphatic rings. The van der Waals surface area contributed by atoms with Crippen LogP contribution in [0.5, 0.6) is 0 Å². The van der Waals surface area contributed by atoms with Gasteiger partial charge in [-0.15, -0.1) is 0 Å². The SMILES string of the molecule is CC(=O)N(CC(C)(C)O)[C@@H](c1ccc(CN2CCC3(CC2)OCc2ccncc23)cc1)c1ccc(F)c(F)c1. The van der Waals surface area contributed by atoms with Crippen molar-refractivity contribution < 1.29 is 23.4 Å². The lowest BCUT2D eigenvalue weighted by atomic mass is 9.84. The second-order valence-electron chi connectivity index (χ2n) is 11.4. The number of halogens is 2. The Bertz CT molecular complexity index is 1330. The highest BCUT2D eigenvalue weighted by molar-refractivity contribution is 5.74. The lowest BCUT2D eigenvalue weighted by molar-refractivity contribution is -0.133. The third-order valence-electron chi connectivity index (χ3n) is 7.80. The number of hydrogen-bond donors (Lipinski definition) is 1. The molecule has 0 saturated carbocycles. The largest absolute Gasteiger partial charge is 0.389 e. The van der Waals surface area contributed by atoms with E-state index < -0.39 is 23.3 Å². The standard InChI is InChI=1S/C31H35F2N3O3/c1-21(37)36(20-30(2,3)38)29(24-8-9-27(32)28(33)16-24)23-6-4-22(5-7-23)18-35-14-11-31(12-15-35)26-17-34-13-10-25(26)19-39-31/h4-10,13,16-17,29,38H,11-12,14-15,18-20H2,1-3H3/t29-/m0/s1. The van der Waals surface area contributed by atoms with E-state index in [2.05, 4.69) is 9.88 Å². The van der Waals surface area contributed by atoms with E-state index in [0.29, 0.717) is 12.2 Å². The highest BCUT2D eigenvalue weighted by Gasteiger charge is 2.42. The van der Waals surface area contributed by atoms with Crippen molar-refractivity contribution in [3.05, 3.63) is 100 Å². The molecule has 0 radical (unpaired) electrons. The molecule has 2 aliphatic heterocycles. The van der Waals surface area contributed by atoms with Crippen molar-refractivity contribution in [2.24, 2.45) is 0 Å². The first-order valence-corrected chi connectivity index (χ1v) is 13.4. The molecule has 1 fully saturated rings. The molecule has 39 heavy (non-hydrogen) atoms. The minimum atomic E-state index is -1.17. The number of fused-ring (bicyclic) bond motifs is 2. The van der Waals surface area contributed by atoms with Crippen LogP contribution in [0.15, 0.2) is 60.9 Å². The summed E-state index contributed by atoms with van der Waals surface area (Å²) in [6.07, 6.45) is 5.58. The third kappa shape index (κ3) is 5.88. The third-order valence-corrected chi connectivity index (χ3v) is 7.80. The van der Waals surface area contributed by atoms with E-state index in [9.17, 15) is 18.7 Å². The summed E-state index contributed by atoms with van der Waals surface area (Å²) in [5.41, 5.74) is 3.35. The van der Waals surface area contributed by atoms with E-state index in [-0.39, 0.29) is 18.1 Å². The van der Waals surface area contributed by atoms with Crippen LogP contribution in [0.3, 0.4) is 0 Å². The first-order valence-electron chi connectivity index (χ1n) is 13.4. The summed E-state index contributed by atoms with van der Waals surface area (Å²) in [6, 6.07) is 12.9. The second kappa shape index (κ2) is 10.8. The summed E-state index contributed by atoms with van der Waals surface area (Å²) in [5.74, 6) is -2.20. The minimum Gasteiger partial charge on any atom is -0.389 e. The number of hydrogen-bond acceptors (Lipinski definition) is 5. The van der Waals surface area contributed by atoms with E-state index in [4.69, 9.17) is 4.74 Å². The zero-order valence-corrected chi connectivity index (χ0v) is 22.7. The van der Waals surface area contributed by atoms with Crippen molar-refractivity contribution in [3.63, 3.8) is 0 Å². The van der Waals surface area contributed by atoms with Crippen LogP contribution in [-0.2, 0) is 28.3 Å².